The molecule has 8 N–H and O–H groups in total. The first-order valence-electron chi connectivity index (χ1n) is 6.68. The Kier molecular flexibility index (Phi) is 9.61. The highest BCUT2D eigenvalue weighted by molar-refractivity contribution is 5.85. The van der Waals surface area contributed by atoms with Crippen molar-refractivity contribution in [3.63, 3.8) is 0 Å². The van der Waals surface area contributed by atoms with E-state index < -0.39 is 0 Å². The molecule has 0 aliphatic carbocycles. The minimum absolute atomic E-state index is 0. The second-order valence-electron chi connectivity index (χ2n) is 4.47. The van der Waals surface area contributed by atoms with Crippen LogP contribution < -0.4 is 32.4 Å². The Hall–Kier alpha value is -2.84. The first kappa shape index (κ1) is 22.2. The van der Waals surface area contributed by atoms with E-state index in [1.54, 1.807) is 48.5 Å². The van der Waals surface area contributed by atoms with Gasteiger partial charge in [0.2, 0.25) is 6.79 Å². The van der Waals surface area contributed by atoms with Crippen molar-refractivity contribution in [2.45, 2.75) is 0 Å². The lowest BCUT2D eigenvalue weighted by Gasteiger charge is -2.08. The van der Waals surface area contributed by atoms with Crippen LogP contribution in [0, 0.1) is 0 Å². The Morgan fingerprint density at radius 2 is 0.960 bits per heavy atom. The van der Waals surface area contributed by atoms with E-state index in [2.05, 4.69) is 9.98 Å². The molecule has 0 radical (unpaired) electrons. The molecule has 2 aromatic rings. The highest BCUT2D eigenvalue weighted by Crippen LogP contribution is 2.20. The van der Waals surface area contributed by atoms with Crippen molar-refractivity contribution >= 4 is 48.1 Å². The second kappa shape index (κ2) is 10.8. The normalized spacial score (nSPS) is 8.96. The standard InChI is InChI=1S/C15H18N6O2.2ClH/c16-14(17)20-10-1-5-12(6-2-10)22-9-23-13-7-3-11(4-8-13)21-15(18)19;;/h1-8H,9H2,(H4,16,17,20)(H4,18,19,21);2*1H. The first-order valence-corrected chi connectivity index (χ1v) is 6.68. The van der Waals surface area contributed by atoms with Crippen LogP contribution in [0.4, 0.5) is 11.4 Å². The van der Waals surface area contributed by atoms with Crippen molar-refractivity contribution in [3.8, 4) is 11.5 Å². The second-order valence-corrected chi connectivity index (χ2v) is 4.47. The zero-order valence-electron chi connectivity index (χ0n) is 13.2. The molecule has 0 atom stereocenters. The van der Waals surface area contributed by atoms with E-state index in [-0.39, 0.29) is 43.5 Å². The summed E-state index contributed by atoms with van der Waals surface area (Å²) in [6.45, 7) is 0.0588. The number of nitrogens with zero attached hydrogens (tertiary/aromatic N) is 2. The quantitative estimate of drug-likeness (QED) is 0.337. The topological polar surface area (TPSA) is 147 Å². The van der Waals surface area contributed by atoms with Gasteiger partial charge in [-0.3, -0.25) is 0 Å². The largest absolute Gasteiger partial charge is 0.458 e. The van der Waals surface area contributed by atoms with Crippen LogP contribution in [0.3, 0.4) is 0 Å². The average Bonchev–Trinajstić information content (AvgIpc) is 2.50. The van der Waals surface area contributed by atoms with Gasteiger partial charge in [0.1, 0.15) is 11.5 Å². The van der Waals surface area contributed by atoms with Gasteiger partial charge >= 0.3 is 0 Å². The Morgan fingerprint density at radius 1 is 0.640 bits per heavy atom. The van der Waals surface area contributed by atoms with Crippen LogP contribution in [0.25, 0.3) is 0 Å². The van der Waals surface area contributed by atoms with Gasteiger partial charge in [0.05, 0.1) is 11.4 Å². The minimum atomic E-state index is 0. The monoisotopic (exact) mass is 386 g/mol. The summed E-state index contributed by atoms with van der Waals surface area (Å²) in [6, 6.07) is 13.9. The van der Waals surface area contributed by atoms with Crippen molar-refractivity contribution in [2.24, 2.45) is 32.9 Å². The van der Waals surface area contributed by atoms with Crippen LogP contribution in [0.5, 0.6) is 11.5 Å². The Labute approximate surface area is 157 Å². The van der Waals surface area contributed by atoms with Crippen molar-refractivity contribution in [3.05, 3.63) is 48.5 Å². The molecular weight excluding hydrogens is 367 g/mol. The van der Waals surface area contributed by atoms with Gasteiger partial charge in [-0.25, -0.2) is 9.98 Å². The molecule has 0 fully saturated rings. The third-order valence-electron chi connectivity index (χ3n) is 2.64. The highest BCUT2D eigenvalue weighted by atomic mass is 35.5. The molecule has 0 amide bonds. The maximum absolute atomic E-state index is 5.46. The van der Waals surface area contributed by atoms with Gasteiger partial charge in [-0.2, -0.15) is 0 Å². The van der Waals surface area contributed by atoms with Crippen LogP contribution >= 0.6 is 24.8 Å². The lowest BCUT2D eigenvalue weighted by Crippen LogP contribution is -2.21. The summed E-state index contributed by atoms with van der Waals surface area (Å²) in [4.78, 5) is 7.83. The molecule has 0 saturated carbocycles. The third-order valence-corrected chi connectivity index (χ3v) is 2.64. The highest BCUT2D eigenvalue weighted by Gasteiger charge is 1.98. The summed E-state index contributed by atoms with van der Waals surface area (Å²) in [5.41, 5.74) is 22.5. The number of benzene rings is 2. The average molecular weight is 387 g/mol. The predicted octanol–water partition coefficient (Wildman–Crippen LogP) is 1.76. The summed E-state index contributed by atoms with van der Waals surface area (Å²) in [5, 5.41) is 0. The number of aliphatic imine (C=N–C) groups is 2. The van der Waals surface area contributed by atoms with Crippen molar-refractivity contribution in [1.82, 2.24) is 0 Å². The molecule has 0 bridgehead atoms. The first-order chi connectivity index (χ1) is 11.0. The SMILES string of the molecule is Cl.Cl.NC(N)=Nc1ccc(OCOc2ccc(N=C(N)N)cc2)cc1. The van der Waals surface area contributed by atoms with E-state index in [0.29, 0.717) is 22.9 Å². The summed E-state index contributed by atoms with van der Waals surface area (Å²) in [6.07, 6.45) is 0. The molecule has 136 valence electrons. The van der Waals surface area contributed by atoms with Gasteiger partial charge in [0, 0.05) is 0 Å². The van der Waals surface area contributed by atoms with Crippen LogP contribution in [0.15, 0.2) is 58.5 Å². The van der Waals surface area contributed by atoms with E-state index in [0.717, 1.165) is 0 Å². The van der Waals surface area contributed by atoms with E-state index in [1.165, 1.54) is 0 Å². The zero-order chi connectivity index (χ0) is 16.7. The summed E-state index contributed by atoms with van der Waals surface area (Å²) < 4.78 is 10.9. The third kappa shape index (κ3) is 8.00. The summed E-state index contributed by atoms with van der Waals surface area (Å²) in [5.74, 6) is 1.28. The van der Waals surface area contributed by atoms with Gasteiger partial charge in [0.25, 0.3) is 0 Å². The fraction of sp³-hybridized carbons (Fsp3) is 0.0667. The number of nitrogens with two attached hydrogens (primary N) is 4. The molecule has 0 aromatic heterocycles. The van der Waals surface area contributed by atoms with E-state index >= 15 is 0 Å². The van der Waals surface area contributed by atoms with Crippen LogP contribution in [-0.2, 0) is 0 Å². The van der Waals surface area contributed by atoms with Crippen LogP contribution in [0.2, 0.25) is 0 Å². The van der Waals surface area contributed by atoms with Gasteiger partial charge in [-0.05, 0) is 48.5 Å². The van der Waals surface area contributed by atoms with Crippen LogP contribution in [-0.4, -0.2) is 18.7 Å². The molecule has 25 heavy (non-hydrogen) atoms. The predicted molar refractivity (Wildman–Crippen MR) is 104 cm³/mol. The van der Waals surface area contributed by atoms with Crippen LogP contribution in [0.1, 0.15) is 0 Å². The number of rotatable bonds is 6. The van der Waals surface area contributed by atoms with Gasteiger partial charge < -0.3 is 32.4 Å². The van der Waals surface area contributed by atoms with Crippen molar-refractivity contribution < 1.29 is 9.47 Å². The molecule has 10 heteroatoms. The lowest BCUT2D eigenvalue weighted by atomic mass is 10.3. The van der Waals surface area contributed by atoms with Crippen molar-refractivity contribution in [1.29, 1.82) is 0 Å². The molecule has 0 heterocycles. The zero-order valence-corrected chi connectivity index (χ0v) is 14.8. The van der Waals surface area contributed by atoms with Gasteiger partial charge in [-0.1, -0.05) is 0 Å². The number of hydrogen-bond donors (Lipinski definition) is 4. The fourth-order valence-electron chi connectivity index (χ4n) is 1.70. The Morgan fingerprint density at radius 3 is 1.24 bits per heavy atom. The maximum Gasteiger partial charge on any atom is 0.230 e. The molecule has 0 aliphatic rings. The molecule has 8 nitrogen and oxygen atoms in total. The Balaban J connectivity index is 0.00000288. The number of ether oxygens (including phenoxy) is 2. The van der Waals surface area contributed by atoms with Crippen molar-refractivity contribution in [2.75, 3.05) is 6.79 Å². The molecule has 0 spiro atoms. The molecule has 2 rings (SSSR count). The number of guanidine groups is 2. The summed E-state index contributed by atoms with van der Waals surface area (Å²) in [7, 11) is 0. The van der Waals surface area contributed by atoms with E-state index in [1.807, 2.05) is 0 Å². The molecule has 0 saturated heterocycles. The van der Waals surface area contributed by atoms with Gasteiger partial charge in [-0.15, -0.1) is 24.8 Å². The van der Waals surface area contributed by atoms with Gasteiger partial charge in [0.15, 0.2) is 11.9 Å². The smallest absolute Gasteiger partial charge is 0.230 e. The minimum Gasteiger partial charge on any atom is -0.458 e. The maximum atomic E-state index is 5.46. The molecule has 0 unspecified atom stereocenters. The fourth-order valence-corrected chi connectivity index (χ4v) is 1.70. The van der Waals surface area contributed by atoms with E-state index in [4.69, 9.17) is 32.4 Å². The summed E-state index contributed by atoms with van der Waals surface area (Å²) >= 11 is 0. The number of halogens is 2. The number of hydrogen-bond acceptors (Lipinski definition) is 4. The molecule has 0 aliphatic heterocycles. The Bertz CT molecular complexity index is 635. The van der Waals surface area contributed by atoms with E-state index in [9.17, 15) is 0 Å². The molecular formula is C15H20Cl2N6O2. The molecule has 2 aromatic carbocycles. The lowest BCUT2D eigenvalue weighted by molar-refractivity contribution is 0.120.